The van der Waals surface area contributed by atoms with E-state index >= 15 is 0 Å². The van der Waals surface area contributed by atoms with Crippen LogP contribution in [0.25, 0.3) is 22.2 Å². The Morgan fingerprint density at radius 2 is 0.944 bits per heavy atom. The molecule has 8 nitrogen and oxygen atoms in total. The van der Waals surface area contributed by atoms with E-state index in [0.29, 0.717) is 13.1 Å². The highest BCUT2D eigenvalue weighted by atomic mass is 32.2. The fraction of sp³-hybridized carbons (Fsp3) is 0.238. The lowest BCUT2D eigenvalue weighted by molar-refractivity contribution is -0.695. The van der Waals surface area contributed by atoms with Crippen LogP contribution in [0.5, 0.6) is 0 Å². The Bertz CT molecular complexity index is 2540. The summed E-state index contributed by atoms with van der Waals surface area (Å²) in [5, 5.41) is 2.04. The summed E-state index contributed by atoms with van der Waals surface area (Å²) in [6.07, 6.45) is 8.38. The SMILES string of the molecule is CCn1c(=O)/c(=C2\Sc3ccccc3N2C)s/c1=C/c1cccc[n+]1CC.CCn1c(=O)/c(=C2\Sc3ccccc3N2C)s/c1=C/c1cccc[n+]1CC. The van der Waals surface area contributed by atoms with E-state index < -0.39 is 0 Å². The molecule has 4 aromatic heterocycles. The number of anilines is 2. The standard InChI is InChI=1S/2C21H22N3OS2/c2*1-4-23-13-9-8-10-15(23)14-18-24(5-2)20(25)19(27-18)21-22(3)16-11-6-7-12-17(16)26-21/h2*6-14H,4-5H2,1-3H3/q2*+1/b2*21-19+. The molecule has 54 heavy (non-hydrogen) atoms. The van der Waals surface area contributed by atoms with Crippen LogP contribution in [0.4, 0.5) is 11.4 Å². The molecule has 0 bridgehead atoms. The number of fused-ring (bicyclic) bond motifs is 2. The molecule has 0 saturated heterocycles. The Balaban J connectivity index is 0.000000167. The van der Waals surface area contributed by atoms with Crippen LogP contribution in [0.2, 0.25) is 0 Å². The van der Waals surface area contributed by atoms with Gasteiger partial charge in [-0.15, -0.1) is 22.7 Å². The summed E-state index contributed by atoms with van der Waals surface area (Å²) in [6, 6.07) is 28.9. The fourth-order valence-electron chi connectivity index (χ4n) is 6.61. The molecule has 0 amide bonds. The Hall–Kier alpha value is -4.62. The first-order valence-corrected chi connectivity index (χ1v) is 21.4. The first-order chi connectivity index (χ1) is 26.3. The molecule has 2 aliphatic rings. The van der Waals surface area contributed by atoms with Gasteiger partial charge in [-0.2, -0.15) is 9.13 Å². The van der Waals surface area contributed by atoms with Gasteiger partial charge in [-0.1, -0.05) is 47.8 Å². The Morgan fingerprint density at radius 3 is 1.31 bits per heavy atom. The van der Waals surface area contributed by atoms with Crippen LogP contribution in [0, 0.1) is 0 Å². The van der Waals surface area contributed by atoms with E-state index in [0.717, 1.165) is 64.3 Å². The molecular formula is C42H44N6O2S4+2. The predicted octanol–water partition coefficient (Wildman–Crippen LogP) is 4.75. The largest absolute Gasteiger partial charge is 0.337 e. The zero-order valence-electron chi connectivity index (χ0n) is 31.4. The number of hydrogen-bond donors (Lipinski definition) is 0. The van der Waals surface area contributed by atoms with Crippen molar-refractivity contribution < 1.29 is 9.13 Å². The first-order valence-electron chi connectivity index (χ1n) is 18.2. The van der Waals surface area contributed by atoms with Crippen molar-refractivity contribution in [2.75, 3.05) is 23.9 Å². The van der Waals surface area contributed by atoms with Gasteiger partial charge in [0, 0.05) is 73.4 Å². The molecular weight excluding hydrogens is 749 g/mol. The van der Waals surface area contributed by atoms with Crippen LogP contribution in [-0.2, 0) is 26.2 Å². The molecule has 276 valence electrons. The normalized spacial score (nSPS) is 16.1. The van der Waals surface area contributed by atoms with Crippen LogP contribution >= 0.6 is 46.2 Å². The zero-order valence-corrected chi connectivity index (χ0v) is 34.6. The second-order valence-corrected chi connectivity index (χ2v) is 16.7. The highest BCUT2D eigenvalue weighted by Gasteiger charge is 2.25. The quantitative estimate of drug-likeness (QED) is 0.227. The number of nitrogens with zero attached hydrogens (tertiary/aromatic N) is 6. The number of thioether (sulfide) groups is 2. The van der Waals surface area contributed by atoms with Crippen molar-refractivity contribution in [2.45, 2.75) is 63.7 Å². The minimum absolute atomic E-state index is 0.0925. The summed E-state index contributed by atoms with van der Waals surface area (Å²) in [4.78, 5) is 32.9. The van der Waals surface area contributed by atoms with Crippen LogP contribution in [0.1, 0.15) is 39.1 Å². The molecule has 0 unspecified atom stereocenters. The van der Waals surface area contributed by atoms with Gasteiger partial charge in [0.2, 0.25) is 11.4 Å². The number of para-hydroxylation sites is 2. The number of aryl methyl sites for hydroxylation is 2. The predicted molar refractivity (Wildman–Crippen MR) is 227 cm³/mol. The molecule has 0 saturated carbocycles. The number of hydrogen-bond acceptors (Lipinski definition) is 8. The number of rotatable bonds is 6. The lowest BCUT2D eigenvalue weighted by atomic mass is 10.3. The van der Waals surface area contributed by atoms with Crippen molar-refractivity contribution >= 4 is 79.8 Å². The van der Waals surface area contributed by atoms with Crippen molar-refractivity contribution in [2.24, 2.45) is 0 Å². The van der Waals surface area contributed by atoms with Gasteiger partial charge in [0.25, 0.3) is 11.1 Å². The third kappa shape index (κ3) is 7.15. The van der Waals surface area contributed by atoms with Crippen LogP contribution < -0.4 is 48.4 Å². The van der Waals surface area contributed by atoms with E-state index in [1.54, 1.807) is 46.2 Å². The summed E-state index contributed by atoms with van der Waals surface area (Å²) < 4.78 is 11.7. The number of aromatic nitrogens is 4. The molecule has 12 heteroatoms. The Labute approximate surface area is 331 Å². The van der Waals surface area contributed by atoms with Crippen LogP contribution in [0.15, 0.2) is 117 Å². The third-order valence-electron chi connectivity index (χ3n) is 9.50. The molecule has 0 atom stereocenters. The van der Waals surface area contributed by atoms with Crippen molar-refractivity contribution in [1.82, 2.24) is 9.13 Å². The van der Waals surface area contributed by atoms with Gasteiger partial charge < -0.3 is 9.80 Å². The highest BCUT2D eigenvalue weighted by molar-refractivity contribution is 8.09. The van der Waals surface area contributed by atoms with Gasteiger partial charge >= 0.3 is 0 Å². The molecule has 2 aliphatic heterocycles. The summed E-state index contributed by atoms with van der Waals surface area (Å²) in [5.74, 6) is 0. The molecule has 2 aromatic carbocycles. The lowest BCUT2D eigenvalue weighted by Crippen LogP contribution is -2.36. The molecule has 0 fully saturated rings. The third-order valence-corrected chi connectivity index (χ3v) is 14.5. The van der Waals surface area contributed by atoms with Crippen LogP contribution in [0.3, 0.4) is 0 Å². The van der Waals surface area contributed by atoms with E-state index in [-0.39, 0.29) is 11.1 Å². The number of pyridine rings is 2. The van der Waals surface area contributed by atoms with Gasteiger partial charge in [-0.05, 0) is 64.1 Å². The Morgan fingerprint density at radius 1 is 0.556 bits per heavy atom. The van der Waals surface area contributed by atoms with Gasteiger partial charge in [-0.3, -0.25) is 18.7 Å². The molecule has 0 spiro atoms. The van der Waals surface area contributed by atoms with E-state index in [4.69, 9.17) is 0 Å². The maximum Gasteiger partial charge on any atom is 0.271 e. The van der Waals surface area contributed by atoms with Gasteiger partial charge in [0.15, 0.2) is 12.4 Å². The van der Waals surface area contributed by atoms with E-state index in [2.05, 4.69) is 93.7 Å². The minimum atomic E-state index is 0.0925. The topological polar surface area (TPSA) is 58.2 Å². The van der Waals surface area contributed by atoms with Crippen molar-refractivity contribution in [3.05, 3.63) is 148 Å². The maximum atomic E-state index is 13.1. The fourth-order valence-corrected chi connectivity index (χ4v) is 11.5. The van der Waals surface area contributed by atoms with Gasteiger partial charge in [-0.25, -0.2) is 0 Å². The first kappa shape index (κ1) is 37.7. The summed E-state index contributed by atoms with van der Waals surface area (Å²) in [6.45, 7) is 11.4. The van der Waals surface area contributed by atoms with Crippen molar-refractivity contribution in [1.29, 1.82) is 0 Å². The van der Waals surface area contributed by atoms with E-state index in [9.17, 15) is 9.59 Å². The Kier molecular flexibility index (Phi) is 11.4. The molecule has 6 aromatic rings. The average molecular weight is 793 g/mol. The number of thiazole rings is 2. The zero-order chi connectivity index (χ0) is 37.9. The van der Waals surface area contributed by atoms with Gasteiger partial charge in [0.05, 0.1) is 11.4 Å². The monoisotopic (exact) mass is 792 g/mol. The van der Waals surface area contributed by atoms with Crippen molar-refractivity contribution in [3.8, 4) is 0 Å². The van der Waals surface area contributed by atoms with Gasteiger partial charge in [0.1, 0.15) is 41.5 Å². The minimum Gasteiger partial charge on any atom is -0.337 e. The molecule has 8 rings (SSSR count). The van der Waals surface area contributed by atoms with Crippen molar-refractivity contribution in [3.63, 3.8) is 0 Å². The molecule has 0 aliphatic carbocycles. The molecule has 0 radical (unpaired) electrons. The summed E-state index contributed by atoms with van der Waals surface area (Å²) >= 11 is 6.51. The smallest absolute Gasteiger partial charge is 0.271 e. The molecule has 6 heterocycles. The second kappa shape index (κ2) is 16.4. The summed E-state index contributed by atoms with van der Waals surface area (Å²) in [5.41, 5.74) is 4.72. The number of benzene rings is 2. The van der Waals surface area contributed by atoms with Crippen LogP contribution in [-0.4, -0.2) is 23.2 Å². The second-order valence-electron chi connectivity index (χ2n) is 12.6. The van der Waals surface area contributed by atoms with E-state index in [1.165, 1.54) is 9.79 Å². The maximum absolute atomic E-state index is 13.1. The average Bonchev–Trinajstić information content (AvgIpc) is 3.91. The van der Waals surface area contributed by atoms with E-state index in [1.807, 2.05) is 85.6 Å². The lowest BCUT2D eigenvalue weighted by Gasteiger charge is -2.11. The summed E-state index contributed by atoms with van der Waals surface area (Å²) in [7, 11) is 4.07. The molecule has 0 N–H and O–H groups in total. The highest BCUT2D eigenvalue weighted by Crippen LogP contribution is 2.45.